The quantitative estimate of drug-likeness (QED) is 0.356. The molecule has 2 fully saturated rings. The van der Waals surface area contributed by atoms with Gasteiger partial charge >= 0.3 is 5.97 Å². The Morgan fingerprint density at radius 2 is 1.92 bits per heavy atom. The maximum atomic E-state index is 12.5. The number of esters is 1. The van der Waals surface area contributed by atoms with Crippen molar-refractivity contribution in [3.63, 3.8) is 0 Å². The third-order valence-corrected chi connectivity index (χ3v) is 6.64. The van der Waals surface area contributed by atoms with E-state index in [4.69, 9.17) is 4.74 Å². The summed E-state index contributed by atoms with van der Waals surface area (Å²) in [6, 6.07) is 5.81. The van der Waals surface area contributed by atoms with Crippen molar-refractivity contribution in [2.75, 3.05) is 0 Å². The number of ether oxygens (including phenoxy) is 1. The van der Waals surface area contributed by atoms with E-state index in [0.29, 0.717) is 11.5 Å². The molecule has 3 unspecified atom stereocenters. The maximum Gasteiger partial charge on any atom is 0.338 e. The summed E-state index contributed by atoms with van der Waals surface area (Å²) in [5.74, 6) is 0.159. The second-order valence-corrected chi connectivity index (χ2v) is 7.79. The zero-order chi connectivity index (χ0) is 17.7. The molecule has 2 aliphatic carbocycles. The minimum absolute atomic E-state index is 0.00306. The fourth-order valence-corrected chi connectivity index (χ4v) is 4.41. The van der Waals surface area contributed by atoms with E-state index < -0.39 is 10.9 Å². The monoisotopic (exact) mass is 329 g/mol. The standard InChI is InChI=1S/C19H23NO4/c1-12(13-5-7-15(8-6-13)20(22)23)17(21)24-16-11-14-9-10-19(16,4)18(14,2)3/h5-8,14,16H,1,9-11H2,2-4H3. The summed E-state index contributed by atoms with van der Waals surface area (Å²) in [5.41, 5.74) is 0.963. The molecule has 0 heterocycles. The van der Waals surface area contributed by atoms with Crippen molar-refractivity contribution in [1.82, 2.24) is 0 Å². The number of carbonyl (C=O) groups is 1. The molecule has 5 heteroatoms. The second-order valence-electron chi connectivity index (χ2n) is 7.79. The number of hydrogen-bond donors (Lipinski definition) is 0. The largest absolute Gasteiger partial charge is 0.458 e. The Bertz CT molecular complexity index is 707. The molecule has 2 bridgehead atoms. The van der Waals surface area contributed by atoms with Crippen LogP contribution in [0.2, 0.25) is 0 Å². The van der Waals surface area contributed by atoms with Crippen molar-refractivity contribution in [2.24, 2.45) is 16.7 Å². The highest BCUT2D eigenvalue weighted by Crippen LogP contribution is 2.66. The number of carbonyl (C=O) groups excluding carboxylic acids is 1. The van der Waals surface area contributed by atoms with E-state index in [1.54, 1.807) is 0 Å². The Balaban J connectivity index is 1.72. The van der Waals surface area contributed by atoms with E-state index in [-0.39, 0.29) is 28.2 Å². The average molecular weight is 329 g/mol. The lowest BCUT2D eigenvalue weighted by Crippen LogP contribution is -2.38. The number of rotatable bonds is 4. The predicted molar refractivity (Wildman–Crippen MR) is 91.2 cm³/mol. The first-order valence-corrected chi connectivity index (χ1v) is 8.31. The summed E-state index contributed by atoms with van der Waals surface area (Å²) >= 11 is 0. The maximum absolute atomic E-state index is 12.5. The van der Waals surface area contributed by atoms with Gasteiger partial charge in [-0.25, -0.2) is 4.79 Å². The molecule has 3 rings (SSSR count). The smallest absolute Gasteiger partial charge is 0.338 e. The highest BCUT2D eigenvalue weighted by Gasteiger charge is 2.62. The Morgan fingerprint density at radius 3 is 2.38 bits per heavy atom. The molecule has 0 aromatic heterocycles. The van der Waals surface area contributed by atoms with Crippen LogP contribution in [0.5, 0.6) is 0 Å². The molecule has 3 atom stereocenters. The minimum Gasteiger partial charge on any atom is -0.458 e. The summed E-state index contributed by atoms with van der Waals surface area (Å²) in [6.45, 7) is 10.6. The Morgan fingerprint density at radius 1 is 1.29 bits per heavy atom. The van der Waals surface area contributed by atoms with Gasteiger partial charge in [0.25, 0.3) is 5.69 Å². The highest BCUT2D eigenvalue weighted by atomic mass is 16.6. The summed E-state index contributed by atoms with van der Waals surface area (Å²) in [4.78, 5) is 22.7. The van der Waals surface area contributed by atoms with E-state index in [0.717, 1.165) is 12.8 Å². The number of nitro groups is 1. The van der Waals surface area contributed by atoms with Gasteiger partial charge in [-0.1, -0.05) is 27.4 Å². The number of benzene rings is 1. The Hall–Kier alpha value is -2.17. The van der Waals surface area contributed by atoms with Gasteiger partial charge in [0.1, 0.15) is 6.10 Å². The number of nitro benzene ring substituents is 1. The van der Waals surface area contributed by atoms with Crippen LogP contribution in [-0.4, -0.2) is 17.0 Å². The molecule has 0 radical (unpaired) electrons. The first-order valence-electron chi connectivity index (χ1n) is 8.31. The van der Waals surface area contributed by atoms with Crippen LogP contribution in [0.4, 0.5) is 5.69 Å². The zero-order valence-electron chi connectivity index (χ0n) is 14.4. The second kappa shape index (κ2) is 5.43. The Labute approximate surface area is 141 Å². The molecule has 24 heavy (non-hydrogen) atoms. The molecule has 0 amide bonds. The van der Waals surface area contributed by atoms with Gasteiger partial charge in [-0.3, -0.25) is 10.1 Å². The summed E-state index contributed by atoms with van der Waals surface area (Å²) in [5, 5.41) is 10.7. The van der Waals surface area contributed by atoms with Crippen LogP contribution < -0.4 is 0 Å². The van der Waals surface area contributed by atoms with Crippen LogP contribution >= 0.6 is 0 Å². The van der Waals surface area contributed by atoms with Gasteiger partial charge in [0, 0.05) is 17.5 Å². The van der Waals surface area contributed by atoms with Crippen LogP contribution in [0.3, 0.4) is 0 Å². The molecule has 0 saturated heterocycles. The van der Waals surface area contributed by atoms with Gasteiger partial charge in [0.05, 0.1) is 10.5 Å². The fraction of sp³-hybridized carbons (Fsp3) is 0.526. The van der Waals surface area contributed by atoms with Crippen molar-refractivity contribution in [3.05, 3.63) is 46.5 Å². The van der Waals surface area contributed by atoms with Gasteiger partial charge in [-0.2, -0.15) is 0 Å². The van der Waals surface area contributed by atoms with Crippen LogP contribution in [0.15, 0.2) is 30.8 Å². The van der Waals surface area contributed by atoms with Gasteiger partial charge in [0.15, 0.2) is 0 Å². The topological polar surface area (TPSA) is 69.4 Å². The highest BCUT2D eigenvalue weighted by molar-refractivity contribution is 6.15. The lowest BCUT2D eigenvalue weighted by molar-refractivity contribution is -0.384. The SMILES string of the molecule is C=C(C(=O)OC1CC2CCC1(C)C2(C)C)c1ccc([N+](=O)[O-])cc1. The molecule has 2 aliphatic rings. The minimum atomic E-state index is -0.469. The fourth-order valence-electron chi connectivity index (χ4n) is 4.41. The van der Waals surface area contributed by atoms with Gasteiger partial charge in [-0.15, -0.1) is 0 Å². The first kappa shape index (κ1) is 16.7. The Kier molecular flexibility index (Phi) is 3.78. The average Bonchev–Trinajstić information content (AvgIpc) is 2.87. The lowest BCUT2D eigenvalue weighted by atomic mass is 9.70. The summed E-state index contributed by atoms with van der Waals surface area (Å²) in [6.07, 6.45) is 3.09. The van der Waals surface area contributed by atoms with Crippen LogP contribution in [0, 0.1) is 26.9 Å². The molecular formula is C19H23NO4. The molecule has 0 spiro atoms. The van der Waals surface area contributed by atoms with E-state index in [1.165, 1.54) is 30.7 Å². The molecule has 0 aliphatic heterocycles. The van der Waals surface area contributed by atoms with Crippen molar-refractivity contribution in [1.29, 1.82) is 0 Å². The van der Waals surface area contributed by atoms with E-state index in [2.05, 4.69) is 27.4 Å². The number of hydrogen-bond acceptors (Lipinski definition) is 4. The van der Waals surface area contributed by atoms with Crippen LogP contribution in [0.1, 0.15) is 45.6 Å². The predicted octanol–water partition coefficient (Wildman–Crippen LogP) is 4.37. The molecular weight excluding hydrogens is 306 g/mol. The molecule has 1 aromatic carbocycles. The zero-order valence-corrected chi connectivity index (χ0v) is 14.4. The van der Waals surface area contributed by atoms with Crippen molar-refractivity contribution >= 4 is 17.2 Å². The third-order valence-electron chi connectivity index (χ3n) is 6.64. The lowest BCUT2D eigenvalue weighted by Gasteiger charge is -2.38. The van der Waals surface area contributed by atoms with Gasteiger partial charge in [-0.05, 0) is 48.3 Å². The first-order chi connectivity index (χ1) is 11.2. The normalized spacial score (nSPS) is 30.1. The number of non-ortho nitro benzene ring substituents is 1. The third kappa shape index (κ3) is 2.34. The number of nitrogens with zero attached hydrogens (tertiary/aromatic N) is 1. The van der Waals surface area contributed by atoms with E-state index in [1.807, 2.05) is 0 Å². The summed E-state index contributed by atoms with van der Waals surface area (Å²) < 4.78 is 5.81. The van der Waals surface area contributed by atoms with E-state index >= 15 is 0 Å². The van der Waals surface area contributed by atoms with Crippen LogP contribution in [-0.2, 0) is 9.53 Å². The van der Waals surface area contributed by atoms with Crippen molar-refractivity contribution in [3.8, 4) is 0 Å². The molecule has 0 N–H and O–H groups in total. The molecule has 128 valence electrons. The molecule has 2 saturated carbocycles. The van der Waals surface area contributed by atoms with Gasteiger partial charge < -0.3 is 4.74 Å². The number of fused-ring (bicyclic) bond motifs is 2. The van der Waals surface area contributed by atoms with Gasteiger partial charge in [0.2, 0.25) is 0 Å². The van der Waals surface area contributed by atoms with Crippen LogP contribution in [0.25, 0.3) is 5.57 Å². The molecule has 1 aromatic rings. The van der Waals surface area contributed by atoms with Crippen molar-refractivity contribution < 1.29 is 14.5 Å². The molecule has 5 nitrogen and oxygen atoms in total. The summed E-state index contributed by atoms with van der Waals surface area (Å²) in [7, 11) is 0. The van der Waals surface area contributed by atoms with Crippen molar-refractivity contribution in [2.45, 2.75) is 46.1 Å². The van der Waals surface area contributed by atoms with E-state index in [9.17, 15) is 14.9 Å².